The van der Waals surface area contributed by atoms with Gasteiger partial charge in [-0.25, -0.2) is 0 Å². The van der Waals surface area contributed by atoms with Gasteiger partial charge in [-0.3, -0.25) is 9.80 Å². The molecule has 1 aliphatic heterocycles. The Morgan fingerprint density at radius 3 is 2.22 bits per heavy atom. The molecule has 0 aliphatic carbocycles. The van der Waals surface area contributed by atoms with E-state index in [4.69, 9.17) is 5.26 Å². The van der Waals surface area contributed by atoms with Crippen LogP contribution in [0.25, 0.3) is 0 Å². The maximum atomic E-state index is 10.3. The Hall–Kier alpha value is -0.630. The van der Waals surface area contributed by atoms with E-state index >= 15 is 0 Å². The first-order chi connectivity index (χ1) is 8.40. The molecule has 1 saturated heterocycles. The summed E-state index contributed by atoms with van der Waals surface area (Å²) >= 11 is 0. The van der Waals surface area contributed by atoms with Crippen LogP contribution in [0.5, 0.6) is 0 Å². The van der Waals surface area contributed by atoms with Crippen molar-refractivity contribution in [1.29, 1.82) is 5.26 Å². The quantitative estimate of drug-likeness (QED) is 0.802. The van der Waals surface area contributed by atoms with E-state index in [1.54, 1.807) is 0 Å². The minimum absolute atomic E-state index is 0.0535. The number of nitriles is 1. The second-order valence-corrected chi connectivity index (χ2v) is 5.88. The van der Waals surface area contributed by atoms with Crippen molar-refractivity contribution < 1.29 is 5.11 Å². The molecule has 1 aliphatic rings. The molecule has 2 atom stereocenters. The van der Waals surface area contributed by atoms with Crippen LogP contribution in [0.3, 0.4) is 0 Å². The molecule has 4 nitrogen and oxygen atoms in total. The molecular weight excluding hydrogens is 226 g/mol. The van der Waals surface area contributed by atoms with E-state index < -0.39 is 5.60 Å². The molecule has 0 bridgehead atoms. The molecule has 0 amide bonds. The van der Waals surface area contributed by atoms with E-state index in [0.29, 0.717) is 0 Å². The number of hydrogen-bond donors (Lipinski definition) is 1. The number of β-amino-alcohol motifs (C(OH)–C–C–N with tert-alkyl or cyclic N) is 1. The number of rotatable bonds is 5. The Morgan fingerprint density at radius 1 is 1.28 bits per heavy atom. The lowest BCUT2D eigenvalue weighted by atomic mass is 9.92. The summed E-state index contributed by atoms with van der Waals surface area (Å²) in [4.78, 5) is 4.56. The first kappa shape index (κ1) is 15.4. The van der Waals surface area contributed by atoms with Crippen molar-refractivity contribution in [3.05, 3.63) is 0 Å². The molecule has 0 aromatic heterocycles. The Morgan fingerprint density at radius 2 is 1.83 bits per heavy atom. The van der Waals surface area contributed by atoms with Crippen molar-refractivity contribution in [1.82, 2.24) is 9.80 Å². The van der Waals surface area contributed by atoms with Gasteiger partial charge in [-0.1, -0.05) is 20.8 Å². The van der Waals surface area contributed by atoms with Crippen molar-refractivity contribution in [3.8, 4) is 6.07 Å². The first-order valence-corrected chi connectivity index (χ1v) is 6.99. The van der Waals surface area contributed by atoms with Crippen molar-refractivity contribution in [2.75, 3.05) is 32.7 Å². The molecule has 1 heterocycles. The zero-order chi connectivity index (χ0) is 13.8. The van der Waals surface area contributed by atoms with Crippen molar-refractivity contribution in [3.63, 3.8) is 0 Å². The van der Waals surface area contributed by atoms with E-state index in [9.17, 15) is 5.11 Å². The lowest BCUT2D eigenvalue weighted by molar-refractivity contribution is -0.0306. The van der Waals surface area contributed by atoms with Gasteiger partial charge in [0.2, 0.25) is 0 Å². The molecule has 1 N–H and O–H groups in total. The zero-order valence-corrected chi connectivity index (χ0v) is 12.2. The molecule has 18 heavy (non-hydrogen) atoms. The van der Waals surface area contributed by atoms with Crippen LogP contribution in [-0.2, 0) is 0 Å². The predicted molar refractivity (Wildman–Crippen MR) is 73.2 cm³/mol. The summed E-state index contributed by atoms with van der Waals surface area (Å²) in [6.07, 6.45) is 0.889. The van der Waals surface area contributed by atoms with Gasteiger partial charge in [-0.2, -0.15) is 5.26 Å². The molecule has 1 fully saturated rings. The molecule has 4 heteroatoms. The largest absolute Gasteiger partial charge is 0.389 e. The summed E-state index contributed by atoms with van der Waals surface area (Å²) in [5.41, 5.74) is -0.623. The summed E-state index contributed by atoms with van der Waals surface area (Å²) in [6.45, 7) is 12.6. The summed E-state index contributed by atoms with van der Waals surface area (Å²) in [5, 5.41) is 19.4. The van der Waals surface area contributed by atoms with Gasteiger partial charge in [0.25, 0.3) is 0 Å². The van der Waals surface area contributed by atoms with E-state index in [1.807, 2.05) is 6.92 Å². The third-order valence-electron chi connectivity index (χ3n) is 4.17. The fourth-order valence-corrected chi connectivity index (χ4v) is 2.30. The second-order valence-electron chi connectivity index (χ2n) is 5.88. The zero-order valence-electron chi connectivity index (χ0n) is 12.2. The maximum Gasteiger partial charge on any atom is 0.0976 e. The van der Waals surface area contributed by atoms with Gasteiger partial charge in [0.1, 0.15) is 0 Å². The highest BCUT2D eigenvalue weighted by Crippen LogP contribution is 2.19. The van der Waals surface area contributed by atoms with E-state index in [2.05, 4.69) is 36.6 Å². The van der Waals surface area contributed by atoms with Crippen LogP contribution in [0.1, 0.15) is 34.1 Å². The summed E-state index contributed by atoms with van der Waals surface area (Å²) in [7, 11) is 0. The van der Waals surface area contributed by atoms with Gasteiger partial charge < -0.3 is 5.11 Å². The van der Waals surface area contributed by atoms with Crippen LogP contribution in [0.15, 0.2) is 0 Å². The molecule has 2 unspecified atom stereocenters. The smallest absolute Gasteiger partial charge is 0.0976 e. The number of aliphatic hydroxyl groups is 1. The molecule has 0 spiro atoms. The van der Waals surface area contributed by atoms with Gasteiger partial charge >= 0.3 is 0 Å². The summed E-state index contributed by atoms with van der Waals surface area (Å²) in [5.74, 6) is 0.262. The van der Waals surface area contributed by atoms with E-state index in [0.717, 1.165) is 39.1 Å². The van der Waals surface area contributed by atoms with Gasteiger partial charge in [0.05, 0.1) is 17.7 Å². The highest BCUT2D eigenvalue weighted by molar-refractivity contribution is 4.93. The molecule has 104 valence electrons. The van der Waals surface area contributed by atoms with Gasteiger partial charge in [0, 0.05) is 32.7 Å². The minimum Gasteiger partial charge on any atom is -0.389 e. The van der Waals surface area contributed by atoms with Crippen LogP contribution in [0.4, 0.5) is 0 Å². The third kappa shape index (κ3) is 3.94. The van der Waals surface area contributed by atoms with E-state index in [-0.39, 0.29) is 12.0 Å². The normalized spacial score (nSPS) is 23.6. The fourth-order valence-electron chi connectivity index (χ4n) is 2.30. The third-order valence-corrected chi connectivity index (χ3v) is 4.17. The minimum atomic E-state index is -0.623. The SMILES string of the molecule is CCC(C#N)N1CCN(CC(C)(O)C(C)C)CC1. The van der Waals surface area contributed by atoms with Crippen molar-refractivity contribution in [2.45, 2.75) is 45.8 Å². The average molecular weight is 253 g/mol. The van der Waals surface area contributed by atoms with Crippen LogP contribution >= 0.6 is 0 Å². The summed E-state index contributed by atoms with van der Waals surface area (Å²) < 4.78 is 0. The standard InChI is InChI=1S/C14H27N3O/c1-5-13(10-15)17-8-6-16(7-9-17)11-14(4,18)12(2)3/h12-13,18H,5-9,11H2,1-4H3. The molecule has 0 aromatic carbocycles. The Balaban J connectivity index is 2.43. The Labute approximate surface area is 111 Å². The fraction of sp³-hybridized carbons (Fsp3) is 0.929. The highest BCUT2D eigenvalue weighted by Gasteiger charge is 2.30. The summed E-state index contributed by atoms with van der Waals surface area (Å²) in [6, 6.07) is 2.41. The second kappa shape index (κ2) is 6.51. The first-order valence-electron chi connectivity index (χ1n) is 6.99. The monoisotopic (exact) mass is 253 g/mol. The number of nitrogens with zero attached hydrogens (tertiary/aromatic N) is 3. The molecule has 0 saturated carbocycles. The van der Waals surface area contributed by atoms with Gasteiger partial charge in [-0.05, 0) is 19.3 Å². The molecular formula is C14H27N3O. The number of piperazine rings is 1. The Bertz CT molecular complexity index is 288. The predicted octanol–water partition coefficient (Wildman–Crippen LogP) is 1.31. The van der Waals surface area contributed by atoms with Crippen molar-refractivity contribution in [2.24, 2.45) is 5.92 Å². The van der Waals surface area contributed by atoms with Crippen LogP contribution in [0, 0.1) is 17.2 Å². The van der Waals surface area contributed by atoms with Crippen molar-refractivity contribution >= 4 is 0 Å². The topological polar surface area (TPSA) is 50.5 Å². The molecule has 0 aromatic rings. The van der Waals surface area contributed by atoms with Gasteiger partial charge in [-0.15, -0.1) is 0 Å². The van der Waals surface area contributed by atoms with E-state index in [1.165, 1.54) is 0 Å². The lowest BCUT2D eigenvalue weighted by Gasteiger charge is -2.40. The number of hydrogen-bond acceptors (Lipinski definition) is 4. The maximum absolute atomic E-state index is 10.3. The van der Waals surface area contributed by atoms with Crippen LogP contribution < -0.4 is 0 Å². The molecule has 1 rings (SSSR count). The van der Waals surface area contributed by atoms with Crippen LogP contribution in [-0.4, -0.2) is 59.3 Å². The Kier molecular flexibility index (Phi) is 5.58. The lowest BCUT2D eigenvalue weighted by Crippen LogP contribution is -2.54. The highest BCUT2D eigenvalue weighted by atomic mass is 16.3. The average Bonchev–Trinajstić information content (AvgIpc) is 2.32. The molecule has 0 radical (unpaired) electrons. The van der Waals surface area contributed by atoms with Crippen LogP contribution in [0.2, 0.25) is 0 Å². The van der Waals surface area contributed by atoms with Gasteiger partial charge in [0.15, 0.2) is 0 Å².